The van der Waals surface area contributed by atoms with Gasteiger partial charge in [-0.2, -0.15) is 0 Å². The Morgan fingerprint density at radius 3 is 2.23 bits per heavy atom. The zero-order valence-electron chi connectivity index (χ0n) is 11.4. The normalized spacial score (nSPS) is 9.86. The molecule has 0 unspecified atom stereocenters. The molecular weight excluding hydrogens is 306 g/mol. The van der Waals surface area contributed by atoms with Gasteiger partial charge < -0.3 is 4.74 Å². The number of halogens is 1. The fourth-order valence-electron chi connectivity index (χ4n) is 1.64. The van der Waals surface area contributed by atoms with Crippen LogP contribution in [0.15, 0.2) is 54.6 Å². The number of ketones is 1. The second kappa shape index (κ2) is 7.38. The van der Waals surface area contributed by atoms with Gasteiger partial charge in [-0.1, -0.05) is 41.9 Å². The number of Topliss-reactive ketones (excluding diaryl/α,β-unsaturated/α-hetero) is 1. The molecule has 1 N–H and O–H groups in total. The third-order valence-electron chi connectivity index (χ3n) is 2.74. The van der Waals surface area contributed by atoms with Crippen molar-refractivity contribution < 1.29 is 19.1 Å². The summed E-state index contributed by atoms with van der Waals surface area (Å²) in [5.41, 5.74) is 0.909. The molecule has 112 valence electrons. The number of carbonyl (C=O) groups is 3. The van der Waals surface area contributed by atoms with Gasteiger partial charge >= 0.3 is 12.0 Å². The summed E-state index contributed by atoms with van der Waals surface area (Å²) in [7, 11) is 0. The van der Waals surface area contributed by atoms with E-state index in [4.69, 9.17) is 16.3 Å². The molecular formula is C16H12ClNO4. The van der Waals surface area contributed by atoms with Gasteiger partial charge in [-0.05, 0) is 29.8 Å². The van der Waals surface area contributed by atoms with Crippen LogP contribution in [0.2, 0.25) is 5.02 Å². The highest BCUT2D eigenvalue weighted by Gasteiger charge is 2.19. The molecule has 2 amide bonds. The molecule has 5 nitrogen and oxygen atoms in total. The number of amides is 2. The molecule has 0 aliphatic heterocycles. The summed E-state index contributed by atoms with van der Waals surface area (Å²) in [5, 5.41) is 2.32. The van der Waals surface area contributed by atoms with E-state index < -0.39 is 17.8 Å². The Balaban J connectivity index is 1.87. The van der Waals surface area contributed by atoms with Crippen LogP contribution < -0.4 is 5.32 Å². The lowest BCUT2D eigenvalue weighted by Gasteiger charge is -2.06. The fraction of sp³-hybridized carbons (Fsp3) is 0.0625. The van der Waals surface area contributed by atoms with E-state index in [2.05, 4.69) is 0 Å². The van der Waals surface area contributed by atoms with Gasteiger partial charge in [0.15, 0.2) is 0 Å². The summed E-state index contributed by atoms with van der Waals surface area (Å²) in [6, 6.07) is 14.7. The molecule has 6 heteroatoms. The summed E-state index contributed by atoms with van der Waals surface area (Å²) in [5.74, 6) is -1.89. The molecule has 0 fully saturated rings. The van der Waals surface area contributed by atoms with Crippen LogP contribution in [-0.2, 0) is 16.1 Å². The number of hydrogen-bond donors (Lipinski definition) is 1. The largest absolute Gasteiger partial charge is 0.444 e. The maximum absolute atomic E-state index is 11.8. The van der Waals surface area contributed by atoms with E-state index in [9.17, 15) is 14.4 Å². The van der Waals surface area contributed by atoms with E-state index in [1.165, 1.54) is 24.3 Å². The molecule has 2 rings (SSSR count). The van der Waals surface area contributed by atoms with Crippen LogP contribution in [0.25, 0.3) is 0 Å². The Hall–Kier alpha value is -2.66. The first-order valence-corrected chi connectivity index (χ1v) is 6.76. The summed E-state index contributed by atoms with van der Waals surface area (Å²) in [4.78, 5) is 34.9. The minimum absolute atomic E-state index is 0.00902. The lowest BCUT2D eigenvalue weighted by atomic mass is 10.1. The van der Waals surface area contributed by atoms with Gasteiger partial charge in [0.05, 0.1) is 0 Å². The van der Waals surface area contributed by atoms with Crippen LogP contribution in [0.3, 0.4) is 0 Å². The topological polar surface area (TPSA) is 72.5 Å². The zero-order chi connectivity index (χ0) is 15.9. The number of rotatable bonds is 4. The van der Waals surface area contributed by atoms with Crippen LogP contribution >= 0.6 is 11.6 Å². The van der Waals surface area contributed by atoms with Gasteiger partial charge in [0.25, 0.3) is 5.78 Å². The molecule has 0 bridgehead atoms. The van der Waals surface area contributed by atoms with Crippen LogP contribution in [0, 0.1) is 0 Å². The van der Waals surface area contributed by atoms with Crippen molar-refractivity contribution in [2.75, 3.05) is 0 Å². The summed E-state index contributed by atoms with van der Waals surface area (Å²) >= 11 is 5.69. The molecule has 0 heterocycles. The van der Waals surface area contributed by atoms with Crippen molar-refractivity contribution in [2.24, 2.45) is 0 Å². The number of nitrogens with one attached hydrogen (secondary N) is 1. The monoisotopic (exact) mass is 317 g/mol. The van der Waals surface area contributed by atoms with Gasteiger partial charge in [0.1, 0.15) is 6.61 Å². The lowest BCUT2D eigenvalue weighted by Crippen LogP contribution is -2.36. The van der Waals surface area contributed by atoms with Crippen molar-refractivity contribution >= 4 is 29.4 Å². The molecule has 0 atom stereocenters. The molecule has 2 aromatic rings. The van der Waals surface area contributed by atoms with Gasteiger partial charge in [-0.25, -0.2) is 4.79 Å². The minimum atomic E-state index is -1.06. The predicted molar refractivity (Wildman–Crippen MR) is 80.6 cm³/mol. The highest BCUT2D eigenvalue weighted by molar-refractivity contribution is 6.44. The molecule has 0 saturated carbocycles. The van der Waals surface area contributed by atoms with Crippen molar-refractivity contribution in [3.8, 4) is 0 Å². The Bertz CT molecular complexity index is 683. The summed E-state index contributed by atoms with van der Waals surface area (Å²) in [6.45, 7) is 0.00902. The van der Waals surface area contributed by atoms with Gasteiger partial charge in [-0.15, -0.1) is 0 Å². The molecule has 0 aromatic heterocycles. The number of alkyl carbamates (subject to hydrolysis) is 1. The van der Waals surface area contributed by atoms with Crippen LogP contribution in [0.5, 0.6) is 0 Å². The smallest absolute Gasteiger partial charge is 0.414 e. The number of imide groups is 1. The van der Waals surface area contributed by atoms with Crippen LogP contribution in [0.4, 0.5) is 4.79 Å². The number of ether oxygens (including phenoxy) is 1. The average molecular weight is 318 g/mol. The second-order valence-corrected chi connectivity index (χ2v) is 4.79. The van der Waals surface area contributed by atoms with Crippen molar-refractivity contribution in [2.45, 2.75) is 6.61 Å². The van der Waals surface area contributed by atoms with E-state index in [-0.39, 0.29) is 12.2 Å². The van der Waals surface area contributed by atoms with Gasteiger partial charge in [0, 0.05) is 10.6 Å². The molecule has 0 radical (unpaired) electrons. The van der Waals surface area contributed by atoms with Crippen molar-refractivity contribution in [1.29, 1.82) is 0 Å². The van der Waals surface area contributed by atoms with Gasteiger partial charge in [0.2, 0.25) is 0 Å². The highest BCUT2D eigenvalue weighted by atomic mass is 35.5. The van der Waals surface area contributed by atoms with Crippen LogP contribution in [-0.4, -0.2) is 17.8 Å². The SMILES string of the molecule is O=C(NC(=O)C(=O)c1ccc(Cl)cc1)OCc1ccccc1. The Morgan fingerprint density at radius 1 is 0.955 bits per heavy atom. The van der Waals surface area contributed by atoms with E-state index in [1.54, 1.807) is 24.3 Å². The van der Waals surface area contributed by atoms with E-state index in [0.717, 1.165) is 5.56 Å². The third kappa shape index (κ3) is 4.43. The Kier molecular flexibility index (Phi) is 5.27. The van der Waals surface area contributed by atoms with E-state index in [1.807, 2.05) is 11.4 Å². The van der Waals surface area contributed by atoms with Crippen molar-refractivity contribution in [3.05, 3.63) is 70.7 Å². The fourth-order valence-corrected chi connectivity index (χ4v) is 1.77. The standard InChI is InChI=1S/C16H12ClNO4/c17-13-8-6-12(7-9-13)14(19)15(20)18-16(21)22-10-11-4-2-1-3-5-11/h1-9H,10H2,(H,18,20,21). The minimum Gasteiger partial charge on any atom is -0.444 e. The number of benzene rings is 2. The second-order valence-electron chi connectivity index (χ2n) is 4.35. The lowest BCUT2D eigenvalue weighted by molar-refractivity contribution is -0.116. The summed E-state index contributed by atoms with van der Waals surface area (Å²) in [6.07, 6.45) is -0.976. The first kappa shape index (κ1) is 15.7. The van der Waals surface area contributed by atoms with Crippen molar-refractivity contribution in [3.63, 3.8) is 0 Å². The molecule has 0 spiro atoms. The number of hydrogen-bond acceptors (Lipinski definition) is 4. The van der Waals surface area contributed by atoms with Crippen LogP contribution in [0.1, 0.15) is 15.9 Å². The molecule has 0 aliphatic rings. The number of carbonyl (C=O) groups excluding carboxylic acids is 3. The highest BCUT2D eigenvalue weighted by Crippen LogP contribution is 2.10. The summed E-state index contributed by atoms with van der Waals surface area (Å²) < 4.78 is 4.86. The van der Waals surface area contributed by atoms with E-state index in [0.29, 0.717) is 5.02 Å². The molecule has 0 aliphatic carbocycles. The zero-order valence-corrected chi connectivity index (χ0v) is 12.2. The molecule has 2 aromatic carbocycles. The molecule has 0 saturated heterocycles. The van der Waals surface area contributed by atoms with E-state index >= 15 is 0 Å². The quantitative estimate of drug-likeness (QED) is 0.695. The molecule has 22 heavy (non-hydrogen) atoms. The first-order valence-electron chi connectivity index (χ1n) is 6.38. The maximum atomic E-state index is 11.8. The predicted octanol–water partition coefficient (Wildman–Crippen LogP) is 2.98. The Morgan fingerprint density at radius 2 is 1.59 bits per heavy atom. The average Bonchev–Trinajstić information content (AvgIpc) is 2.54. The van der Waals surface area contributed by atoms with Crippen molar-refractivity contribution in [1.82, 2.24) is 5.32 Å². The van der Waals surface area contributed by atoms with Gasteiger partial charge in [-0.3, -0.25) is 14.9 Å². The Labute approximate surface area is 131 Å². The maximum Gasteiger partial charge on any atom is 0.414 e. The third-order valence-corrected chi connectivity index (χ3v) is 2.99. The first-order chi connectivity index (χ1) is 10.6.